The second-order valence-electron chi connectivity index (χ2n) is 6.79. The zero-order valence-corrected chi connectivity index (χ0v) is 17.8. The Bertz CT molecular complexity index is 1010. The minimum absolute atomic E-state index is 0.00711. The Labute approximate surface area is 178 Å². The lowest BCUT2D eigenvalue weighted by atomic mass is 10.1. The van der Waals surface area contributed by atoms with Gasteiger partial charge in [-0.3, -0.25) is 9.69 Å². The maximum Gasteiger partial charge on any atom is 0.261 e. The van der Waals surface area contributed by atoms with Gasteiger partial charge < -0.3 is 4.74 Å². The normalized spacial score (nSPS) is 16.6. The number of hydrogen-bond acceptors (Lipinski definition) is 4. The van der Waals surface area contributed by atoms with E-state index in [1.54, 1.807) is 23.1 Å². The highest BCUT2D eigenvalue weighted by molar-refractivity contribution is 7.22. The summed E-state index contributed by atoms with van der Waals surface area (Å²) < 4.78 is 6.86. The van der Waals surface area contributed by atoms with Gasteiger partial charge in [0.05, 0.1) is 33.5 Å². The van der Waals surface area contributed by atoms with Gasteiger partial charge in [0.2, 0.25) is 0 Å². The standard InChI is InChI=1S/C21H20Cl2N2O2S/c1-2-13-5-3-7-18-19(13)24-21(28-18)25(12-15-6-4-10-27-15)20(26)16-9-8-14(22)11-17(16)23/h3,5,7-9,11,15H,2,4,6,10,12H2,1H3. The van der Waals surface area contributed by atoms with Crippen molar-refractivity contribution in [2.75, 3.05) is 18.1 Å². The highest BCUT2D eigenvalue weighted by atomic mass is 35.5. The van der Waals surface area contributed by atoms with Crippen molar-refractivity contribution in [1.82, 2.24) is 4.98 Å². The molecular formula is C21H20Cl2N2O2S. The van der Waals surface area contributed by atoms with Gasteiger partial charge in [-0.05, 0) is 49.1 Å². The predicted molar refractivity (Wildman–Crippen MR) is 116 cm³/mol. The lowest BCUT2D eigenvalue weighted by Gasteiger charge is -2.23. The van der Waals surface area contributed by atoms with Crippen molar-refractivity contribution in [2.24, 2.45) is 0 Å². The Morgan fingerprint density at radius 3 is 2.89 bits per heavy atom. The minimum atomic E-state index is -0.186. The molecule has 0 N–H and O–H groups in total. The van der Waals surface area contributed by atoms with Crippen molar-refractivity contribution in [2.45, 2.75) is 32.3 Å². The van der Waals surface area contributed by atoms with Crippen molar-refractivity contribution in [3.63, 3.8) is 0 Å². The molecule has 0 radical (unpaired) electrons. The van der Waals surface area contributed by atoms with Crippen LogP contribution in [0.15, 0.2) is 36.4 Å². The minimum Gasteiger partial charge on any atom is -0.376 e. The summed E-state index contributed by atoms with van der Waals surface area (Å²) in [5, 5.41) is 1.51. The average Bonchev–Trinajstić information content (AvgIpc) is 3.34. The van der Waals surface area contributed by atoms with Crippen LogP contribution in [-0.4, -0.2) is 30.1 Å². The van der Waals surface area contributed by atoms with Gasteiger partial charge in [-0.15, -0.1) is 0 Å². The topological polar surface area (TPSA) is 42.4 Å². The fourth-order valence-corrected chi connectivity index (χ4v) is 4.95. The second kappa shape index (κ2) is 8.37. The molecule has 2 heterocycles. The van der Waals surface area contributed by atoms with E-state index in [0.29, 0.717) is 27.3 Å². The number of carbonyl (C=O) groups excluding carboxylic acids is 1. The molecule has 0 aliphatic carbocycles. The molecule has 1 saturated heterocycles. The molecule has 1 aliphatic rings. The van der Waals surface area contributed by atoms with Crippen LogP contribution in [0.25, 0.3) is 10.2 Å². The quantitative estimate of drug-likeness (QED) is 0.494. The fraction of sp³-hybridized carbons (Fsp3) is 0.333. The number of rotatable bonds is 5. The molecule has 1 aliphatic heterocycles. The van der Waals surface area contributed by atoms with Crippen LogP contribution in [-0.2, 0) is 11.2 Å². The molecule has 1 fully saturated rings. The first kappa shape index (κ1) is 19.6. The molecule has 1 atom stereocenters. The Morgan fingerprint density at radius 2 is 2.18 bits per heavy atom. The molecule has 1 unspecified atom stereocenters. The Hall–Kier alpha value is -1.66. The van der Waals surface area contributed by atoms with Crippen LogP contribution in [0.5, 0.6) is 0 Å². The van der Waals surface area contributed by atoms with E-state index in [0.717, 1.165) is 36.1 Å². The van der Waals surface area contributed by atoms with Gasteiger partial charge in [0, 0.05) is 11.6 Å². The largest absolute Gasteiger partial charge is 0.376 e. The Balaban J connectivity index is 1.75. The Morgan fingerprint density at radius 1 is 1.32 bits per heavy atom. The van der Waals surface area contributed by atoms with Crippen molar-refractivity contribution >= 4 is 55.8 Å². The predicted octanol–water partition coefficient (Wildman–Crippen LogP) is 5.99. The van der Waals surface area contributed by atoms with Crippen LogP contribution in [0.1, 0.15) is 35.7 Å². The molecule has 0 spiro atoms. The van der Waals surface area contributed by atoms with E-state index < -0.39 is 0 Å². The lowest BCUT2D eigenvalue weighted by Crippen LogP contribution is -2.37. The summed E-state index contributed by atoms with van der Waals surface area (Å²) in [6, 6.07) is 11.1. The summed E-state index contributed by atoms with van der Waals surface area (Å²) in [6.07, 6.45) is 2.84. The summed E-state index contributed by atoms with van der Waals surface area (Å²) >= 11 is 13.8. The van der Waals surface area contributed by atoms with Crippen LogP contribution in [0.2, 0.25) is 10.0 Å². The van der Waals surface area contributed by atoms with E-state index in [9.17, 15) is 4.79 Å². The summed E-state index contributed by atoms with van der Waals surface area (Å²) in [7, 11) is 0. The fourth-order valence-electron chi connectivity index (χ4n) is 3.44. The van der Waals surface area contributed by atoms with Crippen LogP contribution >= 0.6 is 34.5 Å². The van der Waals surface area contributed by atoms with Gasteiger partial charge in [-0.2, -0.15) is 0 Å². The molecule has 4 nitrogen and oxygen atoms in total. The third kappa shape index (κ3) is 3.90. The number of benzene rings is 2. The third-order valence-corrected chi connectivity index (χ3v) is 6.51. The van der Waals surface area contributed by atoms with E-state index in [1.807, 2.05) is 12.1 Å². The molecule has 2 aromatic carbocycles. The number of thiazole rings is 1. The number of fused-ring (bicyclic) bond motifs is 1. The van der Waals surface area contributed by atoms with Crippen LogP contribution in [0, 0.1) is 0 Å². The van der Waals surface area contributed by atoms with Gasteiger partial charge >= 0.3 is 0 Å². The van der Waals surface area contributed by atoms with Crippen molar-refractivity contribution in [3.05, 3.63) is 57.6 Å². The Kier molecular flexibility index (Phi) is 5.88. The number of hydrogen-bond donors (Lipinski definition) is 0. The number of nitrogens with zero attached hydrogens (tertiary/aromatic N) is 2. The van der Waals surface area contributed by atoms with E-state index in [1.165, 1.54) is 16.9 Å². The number of anilines is 1. The maximum atomic E-state index is 13.4. The van der Waals surface area contributed by atoms with Crippen LogP contribution in [0.4, 0.5) is 5.13 Å². The maximum absolute atomic E-state index is 13.4. The number of halogens is 2. The monoisotopic (exact) mass is 434 g/mol. The molecule has 0 saturated carbocycles. The molecule has 1 amide bonds. The highest BCUT2D eigenvalue weighted by Gasteiger charge is 2.28. The second-order valence-corrected chi connectivity index (χ2v) is 8.64. The summed E-state index contributed by atoms with van der Waals surface area (Å²) in [5.41, 5.74) is 2.55. The molecule has 3 aromatic rings. The smallest absolute Gasteiger partial charge is 0.261 e. The molecule has 28 heavy (non-hydrogen) atoms. The summed E-state index contributed by atoms with van der Waals surface area (Å²) in [6.45, 7) is 3.30. The van der Waals surface area contributed by atoms with Gasteiger partial charge in [-0.25, -0.2) is 4.98 Å². The first-order valence-electron chi connectivity index (χ1n) is 9.33. The SMILES string of the molecule is CCc1cccc2sc(N(CC3CCCO3)C(=O)c3ccc(Cl)cc3Cl)nc12. The average molecular weight is 435 g/mol. The molecule has 1 aromatic heterocycles. The number of para-hydroxylation sites is 1. The van der Waals surface area contributed by atoms with Crippen LogP contribution in [0.3, 0.4) is 0 Å². The molecule has 146 valence electrons. The third-order valence-electron chi connectivity index (χ3n) is 4.92. The zero-order chi connectivity index (χ0) is 19.7. The first-order valence-corrected chi connectivity index (χ1v) is 10.9. The number of aryl methyl sites for hydroxylation is 1. The highest BCUT2D eigenvalue weighted by Crippen LogP contribution is 2.33. The van der Waals surface area contributed by atoms with Gasteiger partial charge in [0.1, 0.15) is 0 Å². The van der Waals surface area contributed by atoms with E-state index in [4.69, 9.17) is 32.9 Å². The summed E-state index contributed by atoms with van der Waals surface area (Å²) in [5.74, 6) is -0.186. The number of carbonyl (C=O) groups is 1. The van der Waals surface area contributed by atoms with Gasteiger partial charge in [-0.1, -0.05) is 53.6 Å². The van der Waals surface area contributed by atoms with Gasteiger partial charge in [0.25, 0.3) is 5.91 Å². The van der Waals surface area contributed by atoms with Crippen molar-refractivity contribution in [3.8, 4) is 0 Å². The zero-order valence-electron chi connectivity index (χ0n) is 15.5. The summed E-state index contributed by atoms with van der Waals surface area (Å²) in [4.78, 5) is 19.9. The number of amides is 1. The number of aromatic nitrogens is 1. The molecule has 4 rings (SSSR count). The van der Waals surface area contributed by atoms with E-state index in [-0.39, 0.29) is 12.0 Å². The first-order chi connectivity index (χ1) is 13.6. The van der Waals surface area contributed by atoms with E-state index >= 15 is 0 Å². The van der Waals surface area contributed by atoms with Gasteiger partial charge in [0.15, 0.2) is 5.13 Å². The molecule has 7 heteroatoms. The van der Waals surface area contributed by atoms with Crippen molar-refractivity contribution in [1.29, 1.82) is 0 Å². The van der Waals surface area contributed by atoms with E-state index in [2.05, 4.69) is 13.0 Å². The van der Waals surface area contributed by atoms with Crippen molar-refractivity contribution < 1.29 is 9.53 Å². The molecular weight excluding hydrogens is 415 g/mol. The number of ether oxygens (including phenoxy) is 1. The molecule has 0 bridgehead atoms. The lowest BCUT2D eigenvalue weighted by molar-refractivity contribution is 0.0917. The van der Waals surface area contributed by atoms with Crippen LogP contribution < -0.4 is 4.90 Å².